The first-order valence-electron chi connectivity index (χ1n) is 10.1. The van der Waals surface area contributed by atoms with Gasteiger partial charge in [0.05, 0.1) is 25.4 Å². The molecule has 2 aliphatic rings. The minimum absolute atomic E-state index is 0.481. The highest BCUT2D eigenvalue weighted by Gasteiger charge is 2.24. The van der Waals surface area contributed by atoms with E-state index in [9.17, 15) is 0 Å². The lowest BCUT2D eigenvalue weighted by atomic mass is 10.0. The molecule has 6 nitrogen and oxygen atoms in total. The standard InChI is InChI=1S/C21H30N4O2/c1-25-11-9-14(10-12-25)22-19-15-7-5-4-6-8-16(15)23-17-13-18(26-2)21(27-3)24-20(17)19/h13-14H,4-12H2,1-3H3,(H,22,23). The van der Waals surface area contributed by atoms with Crippen LogP contribution in [0.1, 0.15) is 43.4 Å². The van der Waals surface area contributed by atoms with Gasteiger partial charge in [0.25, 0.3) is 5.88 Å². The van der Waals surface area contributed by atoms with Crippen LogP contribution >= 0.6 is 0 Å². The van der Waals surface area contributed by atoms with Crippen LogP contribution in [0.25, 0.3) is 11.0 Å². The molecule has 1 saturated heterocycles. The summed E-state index contributed by atoms with van der Waals surface area (Å²) < 4.78 is 10.9. The molecular formula is C21H30N4O2. The van der Waals surface area contributed by atoms with Gasteiger partial charge in [0.1, 0.15) is 5.52 Å². The van der Waals surface area contributed by atoms with E-state index in [4.69, 9.17) is 19.4 Å². The molecule has 6 heteroatoms. The van der Waals surface area contributed by atoms with Gasteiger partial charge in [-0.1, -0.05) is 6.42 Å². The molecule has 27 heavy (non-hydrogen) atoms. The Morgan fingerprint density at radius 2 is 1.81 bits per heavy atom. The van der Waals surface area contributed by atoms with Gasteiger partial charge in [0.15, 0.2) is 5.75 Å². The Kier molecular flexibility index (Phi) is 5.34. The van der Waals surface area contributed by atoms with E-state index >= 15 is 0 Å². The van der Waals surface area contributed by atoms with Crippen molar-refractivity contribution in [2.75, 3.05) is 39.7 Å². The van der Waals surface area contributed by atoms with Crippen LogP contribution in [0.5, 0.6) is 11.6 Å². The van der Waals surface area contributed by atoms with Gasteiger partial charge in [-0.15, -0.1) is 0 Å². The third-order valence-electron chi connectivity index (χ3n) is 5.90. The van der Waals surface area contributed by atoms with Gasteiger partial charge in [-0.3, -0.25) is 4.98 Å². The molecule has 1 aliphatic heterocycles. The second-order valence-electron chi connectivity index (χ2n) is 7.76. The predicted molar refractivity (Wildman–Crippen MR) is 108 cm³/mol. The molecular weight excluding hydrogens is 340 g/mol. The second-order valence-corrected chi connectivity index (χ2v) is 7.76. The summed E-state index contributed by atoms with van der Waals surface area (Å²) in [5.41, 5.74) is 5.56. The number of nitrogens with one attached hydrogen (secondary N) is 1. The quantitative estimate of drug-likeness (QED) is 0.832. The van der Waals surface area contributed by atoms with Gasteiger partial charge in [-0.05, 0) is 64.2 Å². The van der Waals surface area contributed by atoms with Crippen LogP contribution in [-0.4, -0.2) is 55.3 Å². The number of aromatic nitrogens is 2. The van der Waals surface area contributed by atoms with Crippen molar-refractivity contribution in [3.8, 4) is 11.6 Å². The molecule has 0 bridgehead atoms. The van der Waals surface area contributed by atoms with Gasteiger partial charge >= 0.3 is 0 Å². The minimum atomic E-state index is 0.481. The average Bonchev–Trinajstić information content (AvgIpc) is 2.93. The zero-order valence-corrected chi connectivity index (χ0v) is 16.7. The lowest BCUT2D eigenvalue weighted by molar-refractivity contribution is 0.264. The molecule has 2 aromatic rings. The van der Waals surface area contributed by atoms with Crippen LogP contribution in [0.15, 0.2) is 6.07 Å². The Morgan fingerprint density at radius 3 is 2.56 bits per heavy atom. The highest BCUT2D eigenvalue weighted by atomic mass is 16.5. The van der Waals surface area contributed by atoms with E-state index in [0.717, 1.165) is 49.8 Å². The van der Waals surface area contributed by atoms with Crippen molar-refractivity contribution in [2.45, 2.75) is 51.0 Å². The Labute approximate surface area is 161 Å². The van der Waals surface area contributed by atoms with E-state index in [0.29, 0.717) is 17.7 Å². The summed E-state index contributed by atoms with van der Waals surface area (Å²) in [5.74, 6) is 1.16. The summed E-state index contributed by atoms with van der Waals surface area (Å²) in [4.78, 5) is 12.2. The van der Waals surface area contributed by atoms with Gasteiger partial charge in [0.2, 0.25) is 0 Å². The number of aryl methyl sites for hydroxylation is 1. The van der Waals surface area contributed by atoms with E-state index in [-0.39, 0.29) is 0 Å². The number of hydrogen-bond donors (Lipinski definition) is 1. The number of pyridine rings is 2. The normalized spacial score (nSPS) is 18.8. The van der Waals surface area contributed by atoms with E-state index in [2.05, 4.69) is 17.3 Å². The largest absolute Gasteiger partial charge is 0.491 e. The molecule has 0 radical (unpaired) electrons. The number of likely N-dealkylation sites (tertiary alicyclic amines) is 1. The van der Waals surface area contributed by atoms with Crippen molar-refractivity contribution in [3.63, 3.8) is 0 Å². The SMILES string of the molecule is COc1cc2nc3c(c(NC4CCN(C)CC4)c2nc1OC)CCCCC3. The molecule has 0 amide bonds. The number of hydrogen-bond acceptors (Lipinski definition) is 6. The maximum atomic E-state index is 5.47. The minimum Gasteiger partial charge on any atom is -0.491 e. The van der Waals surface area contributed by atoms with Crippen LogP contribution < -0.4 is 14.8 Å². The lowest BCUT2D eigenvalue weighted by Gasteiger charge is -2.31. The van der Waals surface area contributed by atoms with Crippen molar-refractivity contribution < 1.29 is 9.47 Å². The number of nitrogens with zero attached hydrogens (tertiary/aromatic N) is 3. The maximum Gasteiger partial charge on any atom is 0.257 e. The second kappa shape index (κ2) is 7.89. The Balaban J connectivity index is 1.82. The number of piperidine rings is 1. The zero-order chi connectivity index (χ0) is 18.8. The molecule has 0 spiro atoms. The molecule has 0 atom stereocenters. The molecule has 2 aromatic heterocycles. The zero-order valence-electron chi connectivity index (χ0n) is 16.7. The van der Waals surface area contributed by atoms with Crippen LogP contribution in [0, 0.1) is 0 Å². The molecule has 0 saturated carbocycles. The molecule has 146 valence electrons. The van der Waals surface area contributed by atoms with Gasteiger partial charge in [-0.2, -0.15) is 0 Å². The van der Waals surface area contributed by atoms with Crippen LogP contribution in [0.4, 0.5) is 5.69 Å². The summed E-state index contributed by atoms with van der Waals surface area (Å²) in [6.07, 6.45) is 8.12. The fraction of sp³-hybridized carbons (Fsp3) is 0.619. The van der Waals surface area contributed by atoms with Gasteiger partial charge < -0.3 is 19.7 Å². The van der Waals surface area contributed by atoms with E-state index in [1.807, 2.05) is 6.07 Å². The highest BCUT2D eigenvalue weighted by Crippen LogP contribution is 2.37. The molecule has 1 fully saturated rings. The molecule has 1 N–H and O–H groups in total. The molecule has 1 aliphatic carbocycles. The van der Waals surface area contributed by atoms with Crippen LogP contribution in [0.2, 0.25) is 0 Å². The first-order chi connectivity index (χ1) is 13.2. The number of methoxy groups -OCH3 is 2. The number of anilines is 1. The summed E-state index contributed by atoms with van der Waals surface area (Å²) in [5, 5.41) is 3.86. The van der Waals surface area contributed by atoms with E-state index in [1.54, 1.807) is 14.2 Å². The smallest absolute Gasteiger partial charge is 0.257 e. The fourth-order valence-electron chi connectivity index (χ4n) is 4.29. The maximum absolute atomic E-state index is 5.47. The third-order valence-corrected chi connectivity index (χ3v) is 5.90. The van der Waals surface area contributed by atoms with Gasteiger partial charge in [-0.25, -0.2) is 4.98 Å². The van der Waals surface area contributed by atoms with Crippen molar-refractivity contribution in [1.29, 1.82) is 0 Å². The molecule has 3 heterocycles. The van der Waals surface area contributed by atoms with E-state index in [1.165, 1.54) is 36.2 Å². The molecule has 4 rings (SSSR count). The van der Waals surface area contributed by atoms with Crippen molar-refractivity contribution in [3.05, 3.63) is 17.3 Å². The summed E-state index contributed by atoms with van der Waals surface area (Å²) in [6, 6.07) is 2.45. The first-order valence-corrected chi connectivity index (χ1v) is 10.1. The number of rotatable bonds is 4. The first kappa shape index (κ1) is 18.3. The topological polar surface area (TPSA) is 59.5 Å². The summed E-state index contributed by atoms with van der Waals surface area (Å²) >= 11 is 0. The predicted octanol–water partition coefficient (Wildman–Crippen LogP) is 3.42. The van der Waals surface area contributed by atoms with Crippen molar-refractivity contribution >= 4 is 16.7 Å². The van der Waals surface area contributed by atoms with Crippen molar-refractivity contribution in [1.82, 2.24) is 14.9 Å². The number of ether oxygens (including phenoxy) is 2. The summed E-state index contributed by atoms with van der Waals surface area (Å²) in [7, 11) is 5.48. The van der Waals surface area contributed by atoms with E-state index < -0.39 is 0 Å². The number of fused-ring (bicyclic) bond motifs is 2. The third kappa shape index (κ3) is 3.68. The molecule has 0 unspecified atom stereocenters. The van der Waals surface area contributed by atoms with Gasteiger partial charge in [0, 0.05) is 17.8 Å². The Hall–Kier alpha value is -2.08. The monoisotopic (exact) mass is 370 g/mol. The summed E-state index contributed by atoms with van der Waals surface area (Å²) in [6.45, 7) is 2.26. The molecule has 0 aromatic carbocycles. The van der Waals surface area contributed by atoms with Crippen LogP contribution in [-0.2, 0) is 12.8 Å². The average molecular weight is 370 g/mol. The van der Waals surface area contributed by atoms with Crippen molar-refractivity contribution in [2.24, 2.45) is 0 Å². The Bertz CT molecular complexity index is 816. The Morgan fingerprint density at radius 1 is 1.04 bits per heavy atom. The fourth-order valence-corrected chi connectivity index (χ4v) is 4.29. The van der Waals surface area contributed by atoms with Crippen LogP contribution in [0.3, 0.4) is 0 Å². The highest BCUT2D eigenvalue weighted by molar-refractivity contribution is 5.91. The lowest BCUT2D eigenvalue weighted by Crippen LogP contribution is -2.37.